The first-order chi connectivity index (χ1) is 9.19. The molecule has 2 aromatic heterocycles. The number of aromatic nitrogens is 2. The highest BCUT2D eigenvalue weighted by atomic mass is 32.1. The molecule has 2 heterocycles. The Labute approximate surface area is 113 Å². The minimum absolute atomic E-state index is 0.00703. The SMILES string of the molecule is CCNc1cc([N+](=O)[O-])cc(NCc2nccs2)n1. The Morgan fingerprint density at radius 3 is 2.68 bits per heavy atom. The summed E-state index contributed by atoms with van der Waals surface area (Å²) in [7, 11) is 0. The molecule has 0 atom stereocenters. The van der Waals surface area contributed by atoms with Gasteiger partial charge in [0.1, 0.15) is 16.6 Å². The van der Waals surface area contributed by atoms with E-state index in [1.54, 1.807) is 6.20 Å². The van der Waals surface area contributed by atoms with E-state index >= 15 is 0 Å². The number of pyridine rings is 1. The summed E-state index contributed by atoms with van der Waals surface area (Å²) in [5, 5.41) is 19.6. The summed E-state index contributed by atoms with van der Waals surface area (Å²) in [6, 6.07) is 2.83. The van der Waals surface area contributed by atoms with E-state index in [1.165, 1.54) is 23.5 Å². The zero-order chi connectivity index (χ0) is 13.7. The second-order valence-corrected chi connectivity index (χ2v) is 4.64. The van der Waals surface area contributed by atoms with Crippen molar-refractivity contribution in [1.29, 1.82) is 0 Å². The molecule has 8 heteroatoms. The average Bonchev–Trinajstić information content (AvgIpc) is 2.89. The van der Waals surface area contributed by atoms with Crippen molar-refractivity contribution in [3.05, 3.63) is 38.8 Å². The molecule has 0 bridgehead atoms. The van der Waals surface area contributed by atoms with E-state index in [0.29, 0.717) is 24.7 Å². The number of nitrogens with zero attached hydrogens (tertiary/aromatic N) is 3. The Kier molecular flexibility index (Phi) is 4.24. The minimum atomic E-state index is -0.433. The normalized spacial score (nSPS) is 10.2. The van der Waals surface area contributed by atoms with Crippen LogP contribution in [0.2, 0.25) is 0 Å². The van der Waals surface area contributed by atoms with Crippen LogP contribution in [-0.2, 0) is 6.54 Å². The van der Waals surface area contributed by atoms with Crippen LogP contribution >= 0.6 is 11.3 Å². The van der Waals surface area contributed by atoms with E-state index in [1.807, 2.05) is 12.3 Å². The van der Waals surface area contributed by atoms with Gasteiger partial charge in [0.25, 0.3) is 5.69 Å². The molecule has 100 valence electrons. The van der Waals surface area contributed by atoms with Crippen molar-refractivity contribution in [3.63, 3.8) is 0 Å². The van der Waals surface area contributed by atoms with Crippen LogP contribution in [0.3, 0.4) is 0 Å². The van der Waals surface area contributed by atoms with Gasteiger partial charge in [-0.15, -0.1) is 11.3 Å². The standard InChI is InChI=1S/C11H13N5O2S/c1-2-12-9-5-8(16(17)18)6-10(15-9)14-7-11-13-3-4-19-11/h3-6H,2,7H2,1H3,(H2,12,14,15). The average molecular weight is 279 g/mol. The highest BCUT2D eigenvalue weighted by Crippen LogP contribution is 2.21. The monoisotopic (exact) mass is 279 g/mol. The molecule has 2 rings (SSSR count). The maximum atomic E-state index is 10.9. The molecule has 0 unspecified atom stereocenters. The molecule has 0 spiro atoms. The first-order valence-corrected chi connectivity index (χ1v) is 6.59. The van der Waals surface area contributed by atoms with E-state index in [0.717, 1.165) is 5.01 Å². The molecule has 2 aromatic rings. The quantitative estimate of drug-likeness (QED) is 0.623. The molecule has 0 saturated heterocycles. The van der Waals surface area contributed by atoms with Crippen molar-refractivity contribution in [1.82, 2.24) is 9.97 Å². The van der Waals surface area contributed by atoms with Crippen molar-refractivity contribution in [2.45, 2.75) is 13.5 Å². The minimum Gasteiger partial charge on any atom is -0.370 e. The number of thiazole rings is 1. The van der Waals surface area contributed by atoms with Crippen LogP contribution in [0.5, 0.6) is 0 Å². The van der Waals surface area contributed by atoms with Gasteiger partial charge < -0.3 is 10.6 Å². The van der Waals surface area contributed by atoms with Crippen LogP contribution in [0.4, 0.5) is 17.3 Å². The van der Waals surface area contributed by atoms with Gasteiger partial charge in [-0.05, 0) is 6.92 Å². The summed E-state index contributed by atoms with van der Waals surface area (Å²) < 4.78 is 0. The van der Waals surface area contributed by atoms with Gasteiger partial charge in [0.15, 0.2) is 0 Å². The second kappa shape index (κ2) is 6.10. The Morgan fingerprint density at radius 1 is 1.37 bits per heavy atom. The highest BCUT2D eigenvalue weighted by Gasteiger charge is 2.11. The molecule has 0 saturated carbocycles. The Bertz CT molecular complexity index is 558. The van der Waals surface area contributed by atoms with Gasteiger partial charge >= 0.3 is 0 Å². The zero-order valence-corrected chi connectivity index (χ0v) is 11.1. The van der Waals surface area contributed by atoms with Crippen LogP contribution < -0.4 is 10.6 Å². The molecule has 0 radical (unpaired) electrons. The van der Waals surface area contributed by atoms with E-state index in [2.05, 4.69) is 20.6 Å². The van der Waals surface area contributed by atoms with Gasteiger partial charge in [0.2, 0.25) is 0 Å². The van der Waals surface area contributed by atoms with Crippen LogP contribution in [0.1, 0.15) is 11.9 Å². The zero-order valence-electron chi connectivity index (χ0n) is 10.3. The molecule has 7 nitrogen and oxygen atoms in total. The van der Waals surface area contributed by atoms with E-state index in [-0.39, 0.29) is 5.69 Å². The predicted octanol–water partition coefficient (Wildman–Crippen LogP) is 2.49. The number of nitro groups is 1. The van der Waals surface area contributed by atoms with Gasteiger partial charge in [-0.25, -0.2) is 9.97 Å². The molecule has 0 aliphatic heterocycles. The predicted molar refractivity (Wildman–Crippen MR) is 74.5 cm³/mol. The third kappa shape index (κ3) is 3.62. The fourth-order valence-electron chi connectivity index (χ4n) is 1.49. The number of hydrogen-bond acceptors (Lipinski definition) is 7. The lowest BCUT2D eigenvalue weighted by atomic mass is 10.3. The Morgan fingerprint density at radius 2 is 2.11 bits per heavy atom. The maximum absolute atomic E-state index is 10.9. The van der Waals surface area contributed by atoms with Crippen molar-refractivity contribution >= 4 is 28.7 Å². The first kappa shape index (κ1) is 13.2. The van der Waals surface area contributed by atoms with Crippen molar-refractivity contribution in [2.24, 2.45) is 0 Å². The molecule has 0 amide bonds. The molecule has 2 N–H and O–H groups in total. The molecular formula is C11H13N5O2S. The topological polar surface area (TPSA) is 93.0 Å². The summed E-state index contributed by atoms with van der Waals surface area (Å²) in [4.78, 5) is 18.8. The van der Waals surface area contributed by atoms with Gasteiger partial charge in [0, 0.05) is 18.1 Å². The lowest BCUT2D eigenvalue weighted by Gasteiger charge is -2.07. The highest BCUT2D eigenvalue weighted by molar-refractivity contribution is 7.09. The van der Waals surface area contributed by atoms with Gasteiger partial charge in [-0.1, -0.05) is 0 Å². The molecule has 0 aliphatic carbocycles. The summed E-state index contributed by atoms with van der Waals surface area (Å²) in [5.74, 6) is 0.943. The van der Waals surface area contributed by atoms with Gasteiger partial charge in [-0.2, -0.15) is 0 Å². The molecule has 0 aliphatic rings. The van der Waals surface area contributed by atoms with Gasteiger partial charge in [0.05, 0.1) is 23.6 Å². The second-order valence-electron chi connectivity index (χ2n) is 3.66. The fraction of sp³-hybridized carbons (Fsp3) is 0.273. The summed E-state index contributed by atoms with van der Waals surface area (Å²) >= 11 is 1.52. The Balaban J connectivity index is 2.16. The van der Waals surface area contributed by atoms with Crippen molar-refractivity contribution in [3.8, 4) is 0 Å². The van der Waals surface area contributed by atoms with Crippen LogP contribution in [-0.4, -0.2) is 21.4 Å². The largest absolute Gasteiger partial charge is 0.370 e. The lowest BCUT2D eigenvalue weighted by molar-refractivity contribution is -0.384. The lowest BCUT2D eigenvalue weighted by Crippen LogP contribution is -2.05. The third-order valence-corrected chi connectivity index (χ3v) is 3.06. The van der Waals surface area contributed by atoms with E-state index in [9.17, 15) is 10.1 Å². The summed E-state index contributed by atoms with van der Waals surface area (Å²) in [5.41, 5.74) is 0.00703. The van der Waals surface area contributed by atoms with Crippen molar-refractivity contribution in [2.75, 3.05) is 17.2 Å². The third-order valence-electron chi connectivity index (χ3n) is 2.28. The number of nitrogens with one attached hydrogen (secondary N) is 2. The van der Waals surface area contributed by atoms with Crippen molar-refractivity contribution < 1.29 is 4.92 Å². The Hall–Kier alpha value is -2.22. The molecular weight excluding hydrogens is 266 g/mol. The van der Waals surface area contributed by atoms with Crippen LogP contribution in [0, 0.1) is 10.1 Å². The molecule has 19 heavy (non-hydrogen) atoms. The van der Waals surface area contributed by atoms with E-state index in [4.69, 9.17) is 0 Å². The van der Waals surface area contributed by atoms with Crippen LogP contribution in [0.15, 0.2) is 23.7 Å². The van der Waals surface area contributed by atoms with Gasteiger partial charge in [-0.3, -0.25) is 10.1 Å². The smallest absolute Gasteiger partial charge is 0.276 e. The summed E-state index contributed by atoms with van der Waals surface area (Å²) in [6.45, 7) is 3.06. The van der Waals surface area contributed by atoms with E-state index < -0.39 is 4.92 Å². The fourth-order valence-corrected chi connectivity index (χ4v) is 2.05. The molecule has 0 aromatic carbocycles. The molecule has 0 fully saturated rings. The first-order valence-electron chi connectivity index (χ1n) is 5.71. The number of rotatable bonds is 6. The number of hydrogen-bond donors (Lipinski definition) is 2. The summed E-state index contributed by atoms with van der Waals surface area (Å²) in [6.07, 6.45) is 1.71. The maximum Gasteiger partial charge on any atom is 0.276 e. The van der Waals surface area contributed by atoms with Crippen LogP contribution in [0.25, 0.3) is 0 Å². The number of anilines is 2.